The number of hydrogen-bond donors (Lipinski definition) is 1. The molecule has 0 aliphatic heterocycles. The maximum absolute atomic E-state index is 13.8. The average molecular weight is 566 g/mol. The van der Waals surface area contributed by atoms with Crippen LogP contribution in [0.4, 0.5) is 0 Å². The molecule has 3 aromatic rings. The van der Waals surface area contributed by atoms with Gasteiger partial charge in [-0.05, 0) is 46.9 Å². The maximum Gasteiger partial charge on any atom is 0.243 e. The standard InChI is InChI=1S/C28H28Cl4N2O2/c1-18(2)16-33-28(36)26(13-19-6-4-3-5-7-19)34(17-20-8-11-23(30)25(32)12-20)27(35)14-21-9-10-22(29)15-24(21)31/h3-12,15,18,26H,13-14,16-17H2,1-2H3,(H,33,36)/t26-/m0/s1. The molecule has 0 heterocycles. The molecule has 0 aromatic heterocycles. The first kappa shape index (κ1) is 28.3. The summed E-state index contributed by atoms with van der Waals surface area (Å²) in [7, 11) is 0. The van der Waals surface area contributed by atoms with E-state index in [1.807, 2.05) is 44.2 Å². The van der Waals surface area contributed by atoms with E-state index in [4.69, 9.17) is 46.4 Å². The van der Waals surface area contributed by atoms with Crippen molar-refractivity contribution in [3.63, 3.8) is 0 Å². The predicted octanol–water partition coefficient (Wildman–Crippen LogP) is 7.26. The molecular weight excluding hydrogens is 538 g/mol. The molecule has 0 fully saturated rings. The minimum Gasteiger partial charge on any atom is -0.354 e. The molecule has 0 spiro atoms. The molecule has 8 heteroatoms. The molecule has 3 rings (SSSR count). The summed E-state index contributed by atoms with van der Waals surface area (Å²) in [6, 6.07) is 19.1. The van der Waals surface area contributed by atoms with Gasteiger partial charge in [-0.25, -0.2) is 0 Å². The highest BCUT2D eigenvalue weighted by molar-refractivity contribution is 6.42. The Hall–Kier alpha value is -2.24. The van der Waals surface area contributed by atoms with Gasteiger partial charge in [-0.2, -0.15) is 0 Å². The first-order valence-corrected chi connectivity index (χ1v) is 13.1. The van der Waals surface area contributed by atoms with Gasteiger partial charge in [-0.3, -0.25) is 9.59 Å². The van der Waals surface area contributed by atoms with Crippen LogP contribution in [0.5, 0.6) is 0 Å². The monoisotopic (exact) mass is 564 g/mol. The SMILES string of the molecule is CC(C)CNC(=O)[C@H](Cc1ccccc1)N(Cc1ccc(Cl)c(Cl)c1)C(=O)Cc1ccc(Cl)cc1Cl. The predicted molar refractivity (Wildman–Crippen MR) is 149 cm³/mol. The summed E-state index contributed by atoms with van der Waals surface area (Å²) >= 11 is 24.8. The van der Waals surface area contributed by atoms with Crippen molar-refractivity contribution in [2.24, 2.45) is 5.92 Å². The Morgan fingerprint density at radius 2 is 1.56 bits per heavy atom. The number of halogens is 4. The van der Waals surface area contributed by atoms with Gasteiger partial charge in [-0.1, -0.05) is 103 Å². The molecule has 0 radical (unpaired) electrons. The van der Waals surface area contributed by atoms with Gasteiger partial charge in [0.25, 0.3) is 0 Å². The molecule has 1 N–H and O–H groups in total. The minimum absolute atomic E-state index is 0.0140. The van der Waals surface area contributed by atoms with Crippen molar-refractivity contribution in [1.29, 1.82) is 0 Å². The van der Waals surface area contributed by atoms with Crippen LogP contribution in [-0.4, -0.2) is 29.3 Å². The fourth-order valence-electron chi connectivity index (χ4n) is 3.74. The summed E-state index contributed by atoms with van der Waals surface area (Å²) in [5, 5.41) is 4.68. The van der Waals surface area contributed by atoms with Gasteiger partial charge in [0.2, 0.25) is 11.8 Å². The highest BCUT2D eigenvalue weighted by Crippen LogP contribution is 2.26. The molecule has 2 amide bonds. The van der Waals surface area contributed by atoms with Gasteiger partial charge in [0, 0.05) is 29.6 Å². The van der Waals surface area contributed by atoms with Gasteiger partial charge in [0.05, 0.1) is 16.5 Å². The first-order valence-electron chi connectivity index (χ1n) is 11.6. The topological polar surface area (TPSA) is 49.4 Å². The fourth-order valence-corrected chi connectivity index (χ4v) is 4.54. The highest BCUT2D eigenvalue weighted by Gasteiger charge is 2.31. The van der Waals surface area contributed by atoms with E-state index in [2.05, 4.69) is 5.32 Å². The van der Waals surface area contributed by atoms with Crippen molar-refractivity contribution in [3.05, 3.63) is 104 Å². The molecular formula is C28H28Cl4N2O2. The molecule has 1 atom stereocenters. The summed E-state index contributed by atoms with van der Waals surface area (Å²) in [6.45, 7) is 4.72. The summed E-state index contributed by atoms with van der Waals surface area (Å²) in [4.78, 5) is 28.8. The van der Waals surface area contributed by atoms with E-state index >= 15 is 0 Å². The third-order valence-corrected chi connectivity index (χ3v) is 6.98. The van der Waals surface area contributed by atoms with E-state index in [1.54, 1.807) is 41.3 Å². The maximum atomic E-state index is 13.8. The lowest BCUT2D eigenvalue weighted by Crippen LogP contribution is -2.51. The summed E-state index contributed by atoms with van der Waals surface area (Å²) in [6.07, 6.45) is 0.367. The average Bonchev–Trinajstić information content (AvgIpc) is 2.84. The number of carbonyl (C=O) groups is 2. The third-order valence-electron chi connectivity index (χ3n) is 5.65. The van der Waals surface area contributed by atoms with Crippen molar-refractivity contribution < 1.29 is 9.59 Å². The Bertz CT molecular complexity index is 1200. The minimum atomic E-state index is -0.751. The lowest BCUT2D eigenvalue weighted by molar-refractivity contribution is -0.140. The van der Waals surface area contributed by atoms with Gasteiger partial charge in [0.1, 0.15) is 6.04 Å². The Morgan fingerprint density at radius 3 is 2.19 bits per heavy atom. The first-order chi connectivity index (χ1) is 17.1. The zero-order valence-corrected chi connectivity index (χ0v) is 23.1. The molecule has 0 saturated heterocycles. The largest absolute Gasteiger partial charge is 0.354 e. The molecule has 0 bridgehead atoms. The molecule has 190 valence electrons. The summed E-state index contributed by atoms with van der Waals surface area (Å²) < 4.78 is 0. The van der Waals surface area contributed by atoms with Crippen LogP contribution < -0.4 is 5.32 Å². The lowest BCUT2D eigenvalue weighted by atomic mass is 10.0. The number of nitrogens with one attached hydrogen (secondary N) is 1. The zero-order valence-electron chi connectivity index (χ0n) is 20.1. The van der Waals surface area contributed by atoms with E-state index in [-0.39, 0.29) is 30.7 Å². The quantitative estimate of drug-likeness (QED) is 0.281. The van der Waals surface area contributed by atoms with Crippen molar-refractivity contribution in [3.8, 4) is 0 Å². The molecule has 0 saturated carbocycles. The Labute approximate surface area is 232 Å². The van der Waals surface area contributed by atoms with Crippen LogP contribution in [0.1, 0.15) is 30.5 Å². The highest BCUT2D eigenvalue weighted by atomic mass is 35.5. The Morgan fingerprint density at radius 1 is 0.833 bits per heavy atom. The van der Waals surface area contributed by atoms with Crippen molar-refractivity contribution >= 4 is 58.2 Å². The Kier molecular flexibility index (Phi) is 10.5. The van der Waals surface area contributed by atoms with Crippen molar-refractivity contribution in [2.45, 2.75) is 39.3 Å². The van der Waals surface area contributed by atoms with Crippen LogP contribution in [0.2, 0.25) is 20.1 Å². The van der Waals surface area contributed by atoms with Gasteiger partial charge in [0.15, 0.2) is 0 Å². The molecule has 4 nitrogen and oxygen atoms in total. The van der Waals surface area contributed by atoms with E-state index in [0.29, 0.717) is 38.6 Å². The van der Waals surface area contributed by atoms with Crippen LogP contribution in [0.15, 0.2) is 66.7 Å². The van der Waals surface area contributed by atoms with Gasteiger partial charge < -0.3 is 10.2 Å². The summed E-state index contributed by atoms with van der Waals surface area (Å²) in [5.74, 6) is -0.201. The van der Waals surface area contributed by atoms with E-state index in [9.17, 15) is 9.59 Å². The molecule has 0 aliphatic rings. The van der Waals surface area contributed by atoms with Crippen molar-refractivity contribution in [2.75, 3.05) is 6.54 Å². The Balaban J connectivity index is 1.99. The second-order valence-electron chi connectivity index (χ2n) is 9.03. The molecule has 0 aliphatic carbocycles. The van der Waals surface area contributed by atoms with E-state index < -0.39 is 6.04 Å². The van der Waals surface area contributed by atoms with Gasteiger partial charge >= 0.3 is 0 Å². The smallest absolute Gasteiger partial charge is 0.243 e. The third kappa shape index (κ3) is 8.14. The van der Waals surface area contributed by atoms with Crippen molar-refractivity contribution in [1.82, 2.24) is 10.2 Å². The second-order valence-corrected chi connectivity index (χ2v) is 10.7. The number of amides is 2. The summed E-state index contributed by atoms with van der Waals surface area (Å²) in [5.41, 5.74) is 2.33. The number of nitrogens with zero attached hydrogens (tertiary/aromatic N) is 1. The van der Waals surface area contributed by atoms with E-state index in [1.165, 1.54) is 0 Å². The van der Waals surface area contributed by atoms with Crippen LogP contribution in [0.3, 0.4) is 0 Å². The van der Waals surface area contributed by atoms with Crippen LogP contribution >= 0.6 is 46.4 Å². The van der Waals surface area contributed by atoms with Gasteiger partial charge in [-0.15, -0.1) is 0 Å². The number of carbonyl (C=O) groups excluding carboxylic acids is 2. The lowest BCUT2D eigenvalue weighted by Gasteiger charge is -2.32. The number of hydrogen-bond acceptors (Lipinski definition) is 2. The van der Waals surface area contributed by atoms with Crippen LogP contribution in [0.25, 0.3) is 0 Å². The zero-order chi connectivity index (χ0) is 26.2. The fraction of sp³-hybridized carbons (Fsp3) is 0.286. The van der Waals surface area contributed by atoms with Crippen LogP contribution in [0, 0.1) is 5.92 Å². The molecule has 3 aromatic carbocycles. The second kappa shape index (κ2) is 13.3. The number of rotatable bonds is 10. The van der Waals surface area contributed by atoms with E-state index in [0.717, 1.165) is 11.1 Å². The molecule has 36 heavy (non-hydrogen) atoms. The normalized spacial score (nSPS) is 11.9. The van der Waals surface area contributed by atoms with Crippen LogP contribution in [-0.2, 0) is 29.0 Å². The number of benzene rings is 3. The molecule has 0 unspecified atom stereocenters.